The van der Waals surface area contributed by atoms with Crippen molar-refractivity contribution in [2.45, 2.75) is 38.6 Å². The topological polar surface area (TPSA) is 46.2 Å². The lowest BCUT2D eigenvalue weighted by atomic mass is 9.96. The van der Waals surface area contributed by atoms with Gasteiger partial charge in [-0.2, -0.15) is 4.72 Å². The molecule has 0 aliphatic carbocycles. The molecule has 0 saturated heterocycles. The van der Waals surface area contributed by atoms with E-state index in [0.29, 0.717) is 4.90 Å². The second-order valence-electron chi connectivity index (χ2n) is 7.05. The summed E-state index contributed by atoms with van der Waals surface area (Å²) in [5, 5.41) is 0. The van der Waals surface area contributed by atoms with E-state index >= 15 is 0 Å². The fourth-order valence-corrected chi connectivity index (χ4v) is 5.33. The van der Waals surface area contributed by atoms with Gasteiger partial charge in [-0.05, 0) is 55.5 Å². The van der Waals surface area contributed by atoms with Gasteiger partial charge in [0.15, 0.2) is 0 Å². The molecule has 4 heteroatoms. The molecule has 0 aliphatic heterocycles. The molecule has 3 rings (SSSR count). The van der Waals surface area contributed by atoms with Gasteiger partial charge >= 0.3 is 0 Å². The van der Waals surface area contributed by atoms with Gasteiger partial charge in [-0.15, -0.1) is 0 Å². The first kappa shape index (κ1) is 19.3. The van der Waals surface area contributed by atoms with Crippen LogP contribution in [0.1, 0.15) is 39.4 Å². The Morgan fingerprint density at radius 1 is 0.741 bits per heavy atom. The Labute approximate surface area is 162 Å². The molecule has 27 heavy (non-hydrogen) atoms. The van der Waals surface area contributed by atoms with Crippen LogP contribution in [0.25, 0.3) is 0 Å². The Hall–Kier alpha value is -2.43. The lowest BCUT2D eigenvalue weighted by Gasteiger charge is -2.23. The minimum absolute atomic E-state index is 0.364. The van der Waals surface area contributed by atoms with Crippen LogP contribution in [0.15, 0.2) is 71.6 Å². The van der Waals surface area contributed by atoms with E-state index in [9.17, 15) is 8.42 Å². The SMILES string of the molecule is Cc1cc(C)c(S(=O)(=O)N[C@@H](c2ccccc2)c2ccccc2C)c(C)c1. The highest BCUT2D eigenvalue weighted by Gasteiger charge is 2.26. The molecule has 0 fully saturated rings. The molecule has 1 N–H and O–H groups in total. The van der Waals surface area contributed by atoms with Crippen LogP contribution in [0.2, 0.25) is 0 Å². The Morgan fingerprint density at radius 3 is 1.89 bits per heavy atom. The lowest BCUT2D eigenvalue weighted by Crippen LogP contribution is -2.31. The Kier molecular flexibility index (Phi) is 5.49. The molecule has 0 aliphatic rings. The van der Waals surface area contributed by atoms with Gasteiger partial charge in [0.2, 0.25) is 10.0 Å². The van der Waals surface area contributed by atoms with Crippen molar-refractivity contribution in [2.24, 2.45) is 0 Å². The van der Waals surface area contributed by atoms with Crippen molar-refractivity contribution in [1.29, 1.82) is 0 Å². The number of sulfonamides is 1. The molecule has 0 heterocycles. The zero-order chi connectivity index (χ0) is 19.6. The lowest BCUT2D eigenvalue weighted by molar-refractivity contribution is 0.570. The van der Waals surface area contributed by atoms with Crippen molar-refractivity contribution in [3.8, 4) is 0 Å². The smallest absolute Gasteiger partial charge is 0.207 e. The highest BCUT2D eigenvalue weighted by molar-refractivity contribution is 7.89. The zero-order valence-corrected chi connectivity index (χ0v) is 17.0. The fraction of sp³-hybridized carbons (Fsp3) is 0.217. The summed E-state index contributed by atoms with van der Waals surface area (Å²) in [5.41, 5.74) is 5.49. The molecule has 0 radical (unpaired) electrons. The van der Waals surface area contributed by atoms with Crippen molar-refractivity contribution in [1.82, 2.24) is 4.72 Å². The van der Waals surface area contributed by atoms with Crippen LogP contribution in [0.5, 0.6) is 0 Å². The molecule has 0 unspecified atom stereocenters. The van der Waals surface area contributed by atoms with Crippen LogP contribution >= 0.6 is 0 Å². The Morgan fingerprint density at radius 2 is 1.30 bits per heavy atom. The van der Waals surface area contributed by atoms with Crippen molar-refractivity contribution < 1.29 is 8.42 Å². The van der Waals surface area contributed by atoms with Crippen LogP contribution in [0, 0.1) is 27.7 Å². The summed E-state index contributed by atoms with van der Waals surface area (Å²) >= 11 is 0. The van der Waals surface area contributed by atoms with Gasteiger partial charge in [0.1, 0.15) is 0 Å². The standard InChI is InChI=1S/C23H25NO2S/c1-16-14-18(3)23(19(4)15-16)27(25,26)24-22(20-11-6-5-7-12-20)21-13-9-8-10-17(21)2/h5-15,22,24H,1-4H3/t22-/m0/s1. The molecule has 0 saturated carbocycles. The highest BCUT2D eigenvalue weighted by Crippen LogP contribution is 2.29. The van der Waals surface area contributed by atoms with Crippen molar-refractivity contribution in [2.75, 3.05) is 0 Å². The quantitative estimate of drug-likeness (QED) is 0.679. The van der Waals surface area contributed by atoms with Crippen LogP contribution in [-0.2, 0) is 10.0 Å². The molecule has 0 bridgehead atoms. The third kappa shape index (κ3) is 4.12. The summed E-state index contributed by atoms with van der Waals surface area (Å²) in [6.07, 6.45) is 0. The second-order valence-corrected chi connectivity index (χ2v) is 8.70. The maximum absolute atomic E-state index is 13.3. The van der Waals surface area contributed by atoms with Crippen LogP contribution < -0.4 is 4.72 Å². The monoisotopic (exact) mass is 379 g/mol. The van der Waals surface area contributed by atoms with E-state index in [0.717, 1.165) is 33.4 Å². The molecule has 1 atom stereocenters. The molecule has 3 aromatic carbocycles. The molecule has 140 valence electrons. The summed E-state index contributed by atoms with van der Waals surface area (Å²) in [4.78, 5) is 0.364. The first-order valence-electron chi connectivity index (χ1n) is 9.00. The normalized spacial score (nSPS) is 12.7. The van der Waals surface area contributed by atoms with E-state index in [1.54, 1.807) is 0 Å². The molecule has 0 amide bonds. The average Bonchev–Trinajstić information content (AvgIpc) is 2.60. The Bertz CT molecular complexity index is 1030. The van der Waals surface area contributed by atoms with E-state index < -0.39 is 16.1 Å². The summed E-state index contributed by atoms with van der Waals surface area (Å²) in [5.74, 6) is 0. The number of hydrogen-bond donors (Lipinski definition) is 1. The molecule has 0 aromatic heterocycles. The van der Waals surface area contributed by atoms with E-state index in [2.05, 4.69) is 4.72 Å². The Balaban J connectivity index is 2.11. The van der Waals surface area contributed by atoms with Crippen molar-refractivity contribution in [3.63, 3.8) is 0 Å². The van der Waals surface area contributed by atoms with Crippen molar-refractivity contribution >= 4 is 10.0 Å². The third-order valence-corrected chi connectivity index (χ3v) is 6.51. The summed E-state index contributed by atoms with van der Waals surface area (Å²) in [6.45, 7) is 7.67. The molecule has 3 aromatic rings. The fourth-order valence-electron chi connectivity index (χ4n) is 3.67. The molecular formula is C23H25NO2S. The summed E-state index contributed by atoms with van der Waals surface area (Å²) in [7, 11) is -3.70. The summed E-state index contributed by atoms with van der Waals surface area (Å²) < 4.78 is 29.6. The van der Waals surface area contributed by atoms with Crippen LogP contribution in [-0.4, -0.2) is 8.42 Å². The summed E-state index contributed by atoms with van der Waals surface area (Å²) in [6, 6.07) is 20.9. The highest BCUT2D eigenvalue weighted by atomic mass is 32.2. The van der Waals surface area contributed by atoms with Crippen molar-refractivity contribution in [3.05, 3.63) is 100 Å². The molecule has 0 spiro atoms. The third-order valence-electron chi connectivity index (χ3n) is 4.78. The number of nitrogens with one attached hydrogen (secondary N) is 1. The van der Waals surface area contributed by atoms with Gasteiger partial charge < -0.3 is 0 Å². The first-order valence-corrected chi connectivity index (χ1v) is 10.5. The zero-order valence-electron chi connectivity index (χ0n) is 16.2. The van der Waals surface area contributed by atoms with Gasteiger partial charge in [-0.25, -0.2) is 8.42 Å². The largest absolute Gasteiger partial charge is 0.241 e. The minimum Gasteiger partial charge on any atom is -0.207 e. The number of rotatable bonds is 5. The minimum atomic E-state index is -3.70. The first-order chi connectivity index (χ1) is 12.8. The van der Waals surface area contributed by atoms with Crippen LogP contribution in [0.4, 0.5) is 0 Å². The number of hydrogen-bond acceptors (Lipinski definition) is 2. The van der Waals surface area contributed by atoms with E-state index in [-0.39, 0.29) is 0 Å². The van der Waals surface area contributed by atoms with Gasteiger partial charge in [-0.1, -0.05) is 72.3 Å². The van der Waals surface area contributed by atoms with E-state index in [4.69, 9.17) is 0 Å². The van der Waals surface area contributed by atoms with Gasteiger partial charge in [0, 0.05) is 0 Å². The van der Waals surface area contributed by atoms with Gasteiger partial charge in [0.05, 0.1) is 10.9 Å². The predicted octanol–water partition coefficient (Wildman–Crippen LogP) is 4.99. The number of benzene rings is 3. The average molecular weight is 380 g/mol. The van der Waals surface area contributed by atoms with Gasteiger partial charge in [0.25, 0.3) is 0 Å². The van der Waals surface area contributed by atoms with Crippen LogP contribution in [0.3, 0.4) is 0 Å². The van der Waals surface area contributed by atoms with Gasteiger partial charge in [-0.3, -0.25) is 0 Å². The maximum atomic E-state index is 13.3. The van der Waals surface area contributed by atoms with E-state index in [1.165, 1.54) is 0 Å². The maximum Gasteiger partial charge on any atom is 0.241 e. The van der Waals surface area contributed by atoms with E-state index in [1.807, 2.05) is 94.4 Å². The molecular weight excluding hydrogens is 354 g/mol. The second kappa shape index (κ2) is 7.67. The number of aryl methyl sites for hydroxylation is 4. The predicted molar refractivity (Wildman–Crippen MR) is 110 cm³/mol. The molecule has 3 nitrogen and oxygen atoms in total.